The molecule has 3 aliphatic rings. The molecule has 2 N–H and O–H groups in total. The van der Waals surface area contributed by atoms with E-state index in [1.807, 2.05) is 4.90 Å². The smallest absolute Gasteiger partial charge is 0.416 e. The number of benzene rings is 3. The van der Waals surface area contributed by atoms with Gasteiger partial charge in [0, 0.05) is 39.5 Å². The highest BCUT2D eigenvalue weighted by atomic mass is 35.5. The van der Waals surface area contributed by atoms with Crippen LogP contribution in [-0.2, 0) is 10.9 Å². The van der Waals surface area contributed by atoms with E-state index in [9.17, 15) is 31.5 Å². The van der Waals surface area contributed by atoms with Crippen molar-refractivity contribution in [2.75, 3.05) is 18.5 Å². The monoisotopic (exact) mass is 590 g/mol. The summed E-state index contributed by atoms with van der Waals surface area (Å²) in [5, 5.41) is 5.35. The van der Waals surface area contributed by atoms with Gasteiger partial charge in [0.05, 0.1) is 23.3 Å². The van der Waals surface area contributed by atoms with E-state index in [1.54, 1.807) is 0 Å². The zero-order valence-corrected chi connectivity index (χ0v) is 21.7. The molecule has 3 aromatic carbocycles. The van der Waals surface area contributed by atoms with Gasteiger partial charge in [0.25, 0.3) is 17.8 Å². The number of amidine groups is 1. The highest BCUT2D eigenvalue weighted by molar-refractivity contribution is 6.31. The Balaban J connectivity index is 1.46. The Morgan fingerprint density at radius 3 is 2.68 bits per heavy atom. The average molecular weight is 591 g/mol. The third kappa shape index (κ3) is 5.08. The number of hydrogen-bond donors (Lipinski definition) is 2. The van der Waals surface area contributed by atoms with E-state index in [4.69, 9.17) is 16.3 Å². The van der Waals surface area contributed by atoms with Gasteiger partial charge in [-0.2, -0.15) is 18.2 Å². The highest BCUT2D eigenvalue weighted by Crippen LogP contribution is 2.42. The second-order valence-corrected chi connectivity index (χ2v) is 10.3. The maximum Gasteiger partial charge on any atom is 0.416 e. The largest absolute Gasteiger partial charge is 0.463 e. The van der Waals surface area contributed by atoms with Crippen molar-refractivity contribution in [3.63, 3.8) is 0 Å². The van der Waals surface area contributed by atoms with E-state index >= 15 is 0 Å². The summed E-state index contributed by atoms with van der Waals surface area (Å²) in [6, 6.07) is 7.44. The summed E-state index contributed by atoms with van der Waals surface area (Å²) in [7, 11) is 0. The molecule has 0 saturated carbocycles. The van der Waals surface area contributed by atoms with Crippen LogP contribution in [0.4, 0.5) is 33.3 Å². The molecule has 212 valence electrons. The quantitative estimate of drug-likeness (QED) is 0.354. The van der Waals surface area contributed by atoms with Crippen molar-refractivity contribution in [1.29, 1.82) is 0 Å². The molecule has 41 heavy (non-hydrogen) atoms. The normalized spacial score (nSPS) is 20.6. The SMILES string of the molecule is O=C(Nc1cc(N=C2OC[C@@H]3CCCN23)cc2c1C(c1cc(F)ccc1Cl)NC2=O)c1cc(F)cc(C(F)(F)F)c1. The molecule has 13 heteroatoms. The molecule has 0 radical (unpaired) electrons. The number of amides is 2. The molecule has 2 fully saturated rings. The van der Waals surface area contributed by atoms with Crippen LogP contribution >= 0.6 is 11.6 Å². The molecule has 3 aliphatic heterocycles. The van der Waals surface area contributed by atoms with Crippen LogP contribution in [-0.4, -0.2) is 41.9 Å². The summed E-state index contributed by atoms with van der Waals surface area (Å²) in [5.74, 6) is -3.52. The van der Waals surface area contributed by atoms with Gasteiger partial charge in [0.2, 0.25) is 0 Å². The number of alkyl halides is 3. The number of carbonyl (C=O) groups is 2. The average Bonchev–Trinajstić information content (AvgIpc) is 3.61. The fourth-order valence-corrected chi connectivity index (χ4v) is 5.58. The molecule has 0 aliphatic carbocycles. The van der Waals surface area contributed by atoms with Gasteiger partial charge >= 0.3 is 6.18 Å². The molecular weight excluding hydrogens is 571 g/mol. The van der Waals surface area contributed by atoms with Crippen LogP contribution in [0.25, 0.3) is 0 Å². The maximum atomic E-state index is 14.2. The Morgan fingerprint density at radius 2 is 1.90 bits per heavy atom. The Bertz CT molecular complexity index is 1630. The standard InChI is InChI=1S/C28H20ClF5N4O3/c29-21-4-3-15(30)9-19(21)24-23-20(26(40)37-24)10-17(35-27-38-5-1-2-18(38)12-41-27)11-22(23)36-25(39)13-6-14(28(32,33)34)8-16(31)7-13/h3-4,6-11,18,24H,1-2,5,12H2,(H,36,39)(H,37,40)/t18-,24?/m0/s1. The van der Waals surface area contributed by atoms with Gasteiger partial charge in [0.15, 0.2) is 0 Å². The minimum Gasteiger partial charge on any atom is -0.463 e. The van der Waals surface area contributed by atoms with Crippen LogP contribution in [0.3, 0.4) is 0 Å². The number of aliphatic imine (C=N–C) groups is 1. The highest BCUT2D eigenvalue weighted by Gasteiger charge is 2.38. The first-order valence-electron chi connectivity index (χ1n) is 12.6. The van der Waals surface area contributed by atoms with Gasteiger partial charge in [-0.05, 0) is 61.4 Å². The number of halogens is 6. The third-order valence-corrected chi connectivity index (χ3v) is 7.57. The van der Waals surface area contributed by atoms with Crippen molar-refractivity contribution in [2.45, 2.75) is 31.1 Å². The topological polar surface area (TPSA) is 83.0 Å². The van der Waals surface area contributed by atoms with Crippen molar-refractivity contribution in [1.82, 2.24) is 10.2 Å². The summed E-state index contributed by atoms with van der Waals surface area (Å²) in [6.45, 7) is 1.19. The lowest BCUT2D eigenvalue weighted by Gasteiger charge is -2.19. The van der Waals surface area contributed by atoms with Gasteiger partial charge in [-0.15, -0.1) is 0 Å². The molecule has 2 saturated heterocycles. The lowest BCUT2D eigenvalue weighted by Crippen LogP contribution is -2.27. The number of nitrogens with zero attached hydrogens (tertiary/aromatic N) is 2. The van der Waals surface area contributed by atoms with E-state index in [0.717, 1.165) is 31.5 Å². The Hall–Kier alpha value is -4.19. The lowest BCUT2D eigenvalue weighted by atomic mass is 9.95. The molecular formula is C28H20ClF5N4O3. The third-order valence-electron chi connectivity index (χ3n) is 7.23. The molecule has 0 spiro atoms. The van der Waals surface area contributed by atoms with Gasteiger partial charge < -0.3 is 20.3 Å². The molecule has 0 aromatic heterocycles. The van der Waals surface area contributed by atoms with Crippen molar-refractivity contribution in [3.05, 3.63) is 93.0 Å². The van der Waals surface area contributed by atoms with E-state index in [2.05, 4.69) is 15.6 Å². The number of anilines is 1. The lowest BCUT2D eigenvalue weighted by molar-refractivity contribution is -0.137. The molecule has 3 aromatic rings. The van der Waals surface area contributed by atoms with Crippen LogP contribution in [0, 0.1) is 11.6 Å². The van der Waals surface area contributed by atoms with Crippen molar-refractivity contribution < 1.29 is 36.3 Å². The summed E-state index contributed by atoms with van der Waals surface area (Å²) in [4.78, 5) is 32.8. The zero-order chi connectivity index (χ0) is 29.1. The van der Waals surface area contributed by atoms with Gasteiger partial charge in [-0.1, -0.05) is 11.6 Å². The molecule has 1 unspecified atom stereocenters. The number of carbonyl (C=O) groups excluding carboxylic acids is 2. The summed E-state index contributed by atoms with van der Waals surface area (Å²) >= 11 is 6.32. The summed E-state index contributed by atoms with van der Waals surface area (Å²) in [6.07, 6.45) is -2.99. The predicted octanol–water partition coefficient (Wildman–Crippen LogP) is 6.20. The Morgan fingerprint density at radius 1 is 1.10 bits per heavy atom. The minimum absolute atomic E-state index is 0.00989. The maximum absolute atomic E-state index is 14.2. The van der Waals surface area contributed by atoms with Gasteiger partial charge in [0.1, 0.15) is 18.2 Å². The first-order valence-corrected chi connectivity index (χ1v) is 13.0. The van der Waals surface area contributed by atoms with E-state index < -0.39 is 46.8 Å². The predicted molar refractivity (Wildman–Crippen MR) is 139 cm³/mol. The van der Waals surface area contributed by atoms with Crippen molar-refractivity contribution >= 4 is 40.8 Å². The zero-order valence-electron chi connectivity index (χ0n) is 21.0. The molecule has 6 rings (SSSR count). The molecule has 2 amide bonds. The van der Waals surface area contributed by atoms with Gasteiger partial charge in [-0.3, -0.25) is 9.59 Å². The minimum atomic E-state index is -4.89. The fourth-order valence-electron chi connectivity index (χ4n) is 5.36. The first-order chi connectivity index (χ1) is 19.5. The van der Waals surface area contributed by atoms with Crippen LogP contribution in [0.1, 0.15) is 56.3 Å². The van der Waals surface area contributed by atoms with Crippen molar-refractivity contribution in [3.8, 4) is 0 Å². The van der Waals surface area contributed by atoms with E-state index in [0.29, 0.717) is 24.8 Å². The van der Waals surface area contributed by atoms with E-state index in [-0.39, 0.29) is 45.2 Å². The summed E-state index contributed by atoms with van der Waals surface area (Å²) < 4.78 is 73.8. The number of ether oxygens (including phenoxy) is 1. The van der Waals surface area contributed by atoms with Crippen LogP contribution in [0.5, 0.6) is 0 Å². The molecule has 0 bridgehead atoms. The van der Waals surface area contributed by atoms with Crippen molar-refractivity contribution in [2.24, 2.45) is 4.99 Å². The molecule has 7 nitrogen and oxygen atoms in total. The fraction of sp³-hybridized carbons (Fsp3) is 0.250. The first kappa shape index (κ1) is 27.0. The van der Waals surface area contributed by atoms with E-state index in [1.165, 1.54) is 18.2 Å². The van der Waals surface area contributed by atoms with Gasteiger partial charge in [-0.25, -0.2) is 8.78 Å². The number of fused-ring (bicyclic) bond motifs is 2. The van der Waals surface area contributed by atoms with Crippen LogP contribution in [0.2, 0.25) is 5.02 Å². The summed E-state index contributed by atoms with van der Waals surface area (Å²) in [5.41, 5.74) is -1.26. The molecule has 2 atom stereocenters. The number of nitrogens with one attached hydrogen (secondary N) is 2. The van der Waals surface area contributed by atoms with Crippen LogP contribution < -0.4 is 10.6 Å². The Labute approximate surface area is 234 Å². The number of rotatable bonds is 4. The second kappa shape index (κ2) is 10.0. The molecule has 3 heterocycles. The van der Waals surface area contributed by atoms with Crippen LogP contribution in [0.15, 0.2) is 53.5 Å². The number of hydrogen-bond acceptors (Lipinski definition) is 4. The second-order valence-electron chi connectivity index (χ2n) is 9.90. The Kier molecular flexibility index (Phi) is 6.60.